The molecule has 1 atom stereocenters. The Kier molecular flexibility index (Phi) is 52.3. The first-order valence-electron chi connectivity index (χ1n) is 28.3. The van der Waals surface area contributed by atoms with Crippen LogP contribution >= 0.6 is 0 Å². The van der Waals surface area contributed by atoms with E-state index in [1.165, 1.54) is 148 Å². The Hall–Kier alpha value is -2.89. The molecule has 0 aliphatic carbocycles. The van der Waals surface area contributed by atoms with Gasteiger partial charge in [0.15, 0.2) is 6.10 Å². The fourth-order valence-electron chi connectivity index (χ4n) is 8.06. The molecule has 0 fully saturated rings. The van der Waals surface area contributed by atoms with Crippen LogP contribution in [0.25, 0.3) is 0 Å². The molecule has 0 spiro atoms. The Labute approximate surface area is 409 Å². The Morgan fingerprint density at radius 1 is 0.318 bits per heavy atom. The monoisotopic (exact) mass is 923 g/mol. The number of allylic oxidation sites excluding steroid dienone is 10. The largest absolute Gasteiger partial charge is 0.462 e. The number of hydrogen-bond donors (Lipinski definition) is 0. The zero-order chi connectivity index (χ0) is 47.9. The molecule has 0 rings (SSSR count). The average Bonchev–Trinajstić information content (AvgIpc) is 3.31. The summed E-state index contributed by atoms with van der Waals surface area (Å²) >= 11 is 0. The van der Waals surface area contributed by atoms with E-state index in [1.807, 2.05) is 0 Å². The first kappa shape index (κ1) is 63.1. The molecule has 0 aromatic carbocycles. The zero-order valence-electron chi connectivity index (χ0n) is 43.7. The predicted octanol–water partition coefficient (Wildman–Crippen LogP) is 18.8. The van der Waals surface area contributed by atoms with Crippen molar-refractivity contribution in [2.24, 2.45) is 0 Å². The molecule has 0 saturated carbocycles. The fourth-order valence-corrected chi connectivity index (χ4v) is 8.06. The lowest BCUT2D eigenvalue weighted by Gasteiger charge is -2.18. The van der Waals surface area contributed by atoms with Gasteiger partial charge in [-0.25, -0.2) is 0 Å². The topological polar surface area (TPSA) is 78.9 Å². The van der Waals surface area contributed by atoms with E-state index >= 15 is 0 Å². The quantitative estimate of drug-likeness (QED) is 0.0262. The van der Waals surface area contributed by atoms with Crippen molar-refractivity contribution in [2.45, 2.75) is 290 Å². The van der Waals surface area contributed by atoms with Gasteiger partial charge in [-0.05, 0) is 64.2 Å². The summed E-state index contributed by atoms with van der Waals surface area (Å²) in [5.74, 6) is -0.877. The molecule has 0 bridgehead atoms. The van der Waals surface area contributed by atoms with Crippen LogP contribution in [0.4, 0.5) is 0 Å². The summed E-state index contributed by atoms with van der Waals surface area (Å²) in [4.78, 5) is 37.6. The van der Waals surface area contributed by atoms with Gasteiger partial charge >= 0.3 is 17.9 Å². The molecule has 0 radical (unpaired) electrons. The van der Waals surface area contributed by atoms with Crippen molar-refractivity contribution in [2.75, 3.05) is 13.2 Å². The van der Waals surface area contributed by atoms with E-state index in [0.717, 1.165) is 96.3 Å². The van der Waals surface area contributed by atoms with E-state index in [0.29, 0.717) is 19.3 Å². The van der Waals surface area contributed by atoms with Crippen molar-refractivity contribution in [1.29, 1.82) is 0 Å². The maximum absolute atomic E-state index is 12.7. The van der Waals surface area contributed by atoms with Crippen molar-refractivity contribution in [3.05, 3.63) is 60.8 Å². The van der Waals surface area contributed by atoms with Crippen LogP contribution in [0.3, 0.4) is 0 Å². The lowest BCUT2D eigenvalue weighted by molar-refractivity contribution is -0.167. The molecule has 0 saturated heterocycles. The third kappa shape index (κ3) is 52.1. The van der Waals surface area contributed by atoms with Crippen LogP contribution in [0.5, 0.6) is 0 Å². The highest BCUT2D eigenvalue weighted by Crippen LogP contribution is 2.16. The van der Waals surface area contributed by atoms with E-state index in [1.54, 1.807) is 0 Å². The molecule has 6 nitrogen and oxygen atoms in total. The number of carbonyl (C=O) groups excluding carboxylic acids is 3. The van der Waals surface area contributed by atoms with E-state index in [-0.39, 0.29) is 31.1 Å². The summed E-state index contributed by atoms with van der Waals surface area (Å²) in [7, 11) is 0. The number of hydrogen-bond acceptors (Lipinski definition) is 6. The normalized spacial score (nSPS) is 12.5. The van der Waals surface area contributed by atoms with Gasteiger partial charge in [0, 0.05) is 19.3 Å². The molecule has 0 aliphatic heterocycles. The second kappa shape index (κ2) is 54.7. The van der Waals surface area contributed by atoms with E-state index in [9.17, 15) is 14.4 Å². The highest BCUT2D eigenvalue weighted by molar-refractivity contribution is 5.71. The Balaban J connectivity index is 3.87. The molecular formula is C60H106O6. The molecule has 0 aromatic heterocycles. The summed E-state index contributed by atoms with van der Waals surface area (Å²) in [5.41, 5.74) is 0. The number of carbonyl (C=O) groups is 3. The Bertz CT molecular complexity index is 1200. The van der Waals surface area contributed by atoms with Crippen molar-refractivity contribution >= 4 is 17.9 Å². The van der Waals surface area contributed by atoms with Crippen molar-refractivity contribution < 1.29 is 28.6 Å². The summed E-state index contributed by atoms with van der Waals surface area (Å²) in [6, 6.07) is 0. The summed E-state index contributed by atoms with van der Waals surface area (Å²) < 4.78 is 16.7. The lowest BCUT2D eigenvalue weighted by atomic mass is 10.0. The summed E-state index contributed by atoms with van der Waals surface area (Å²) in [6.45, 7) is 6.44. The average molecular weight is 924 g/mol. The number of rotatable bonds is 51. The highest BCUT2D eigenvalue weighted by Gasteiger charge is 2.19. The Morgan fingerprint density at radius 3 is 0.924 bits per heavy atom. The van der Waals surface area contributed by atoms with Crippen molar-refractivity contribution in [3.63, 3.8) is 0 Å². The van der Waals surface area contributed by atoms with Gasteiger partial charge in [-0.1, -0.05) is 261 Å². The van der Waals surface area contributed by atoms with Crippen molar-refractivity contribution in [3.8, 4) is 0 Å². The van der Waals surface area contributed by atoms with Gasteiger partial charge < -0.3 is 14.2 Å². The Morgan fingerprint density at radius 2 is 0.591 bits per heavy atom. The molecule has 0 aromatic rings. The minimum Gasteiger partial charge on any atom is -0.462 e. The molecule has 382 valence electrons. The molecular weight excluding hydrogens is 817 g/mol. The van der Waals surface area contributed by atoms with Crippen molar-refractivity contribution in [1.82, 2.24) is 0 Å². The van der Waals surface area contributed by atoms with E-state index in [2.05, 4.69) is 81.5 Å². The van der Waals surface area contributed by atoms with Crippen LogP contribution in [0.15, 0.2) is 60.8 Å². The van der Waals surface area contributed by atoms with E-state index in [4.69, 9.17) is 14.2 Å². The first-order chi connectivity index (χ1) is 32.5. The second-order valence-electron chi connectivity index (χ2n) is 18.8. The van der Waals surface area contributed by atoms with Crippen LogP contribution in [-0.4, -0.2) is 37.2 Å². The molecule has 6 heteroatoms. The van der Waals surface area contributed by atoms with Crippen LogP contribution in [0.1, 0.15) is 284 Å². The number of unbranched alkanes of at least 4 members (excludes halogenated alkanes) is 30. The summed E-state index contributed by atoms with van der Waals surface area (Å²) in [5, 5.41) is 0. The van der Waals surface area contributed by atoms with Gasteiger partial charge in [0.1, 0.15) is 13.2 Å². The van der Waals surface area contributed by atoms with Crippen LogP contribution in [0.2, 0.25) is 0 Å². The second-order valence-corrected chi connectivity index (χ2v) is 18.8. The number of ether oxygens (including phenoxy) is 3. The smallest absolute Gasteiger partial charge is 0.306 e. The molecule has 1 unspecified atom stereocenters. The van der Waals surface area contributed by atoms with Gasteiger partial charge in [0.25, 0.3) is 0 Å². The van der Waals surface area contributed by atoms with Gasteiger partial charge in [-0.2, -0.15) is 0 Å². The lowest BCUT2D eigenvalue weighted by Crippen LogP contribution is -2.30. The molecule has 0 N–H and O–H groups in total. The number of esters is 3. The van der Waals surface area contributed by atoms with Crippen LogP contribution in [-0.2, 0) is 28.6 Å². The maximum Gasteiger partial charge on any atom is 0.306 e. The minimum absolute atomic E-state index is 0.0696. The molecule has 0 amide bonds. The first-order valence-corrected chi connectivity index (χ1v) is 28.3. The summed E-state index contributed by atoms with van der Waals surface area (Å²) in [6.07, 6.45) is 68.5. The van der Waals surface area contributed by atoms with Crippen LogP contribution < -0.4 is 0 Å². The maximum atomic E-state index is 12.7. The standard InChI is InChI=1S/C60H106O6/c1-4-7-10-13-15-17-19-20-21-22-23-24-25-26-27-28-29-30-31-32-33-34-35-36-37-38-39-40-41-43-44-47-50-53-59(62)65-56-57(55-64-58(61)52-49-46-12-9-6-3)66-60(63)54-51-48-45-42-18-16-14-11-8-5-2/h7,10,15,17,20-21,23-24,26-27,57H,4-6,8-9,11-14,16,18-19,22,25,28-56H2,1-3H3/b10-7-,17-15-,21-20-,24-23-,27-26-. The minimum atomic E-state index is -0.763. The van der Waals surface area contributed by atoms with E-state index < -0.39 is 6.10 Å². The van der Waals surface area contributed by atoms with Gasteiger partial charge in [-0.3, -0.25) is 14.4 Å². The SMILES string of the molecule is CC/C=C\C/C=C\C/C=C\C/C=C\C/C=C\CCCCCCCCCCCCCCCCCCCC(=O)OCC(COC(=O)CCCCCCC)OC(=O)CCCCCCCCCCCC. The predicted molar refractivity (Wildman–Crippen MR) is 284 cm³/mol. The van der Waals surface area contributed by atoms with Gasteiger partial charge in [0.2, 0.25) is 0 Å². The molecule has 0 aliphatic rings. The van der Waals surface area contributed by atoms with Crippen LogP contribution in [0, 0.1) is 0 Å². The third-order valence-corrected chi connectivity index (χ3v) is 12.3. The van der Waals surface area contributed by atoms with Gasteiger partial charge in [0.05, 0.1) is 0 Å². The van der Waals surface area contributed by atoms with Gasteiger partial charge in [-0.15, -0.1) is 0 Å². The fraction of sp³-hybridized carbons (Fsp3) is 0.783. The highest BCUT2D eigenvalue weighted by atomic mass is 16.6. The third-order valence-electron chi connectivity index (χ3n) is 12.3. The molecule has 66 heavy (non-hydrogen) atoms. The molecule has 0 heterocycles. The zero-order valence-corrected chi connectivity index (χ0v) is 43.7.